The summed E-state index contributed by atoms with van der Waals surface area (Å²) in [5.74, 6) is -0.301. The summed E-state index contributed by atoms with van der Waals surface area (Å²) in [6.45, 7) is 2.37. The summed E-state index contributed by atoms with van der Waals surface area (Å²) in [7, 11) is 0. The Morgan fingerprint density at radius 3 is 2.72 bits per heavy atom. The summed E-state index contributed by atoms with van der Waals surface area (Å²) >= 11 is 1.42. The molecule has 0 radical (unpaired) electrons. The summed E-state index contributed by atoms with van der Waals surface area (Å²) < 4.78 is 12.9. The molecule has 1 atom stereocenters. The molecule has 1 N–H and O–H groups in total. The van der Waals surface area contributed by atoms with Gasteiger partial charge in [-0.1, -0.05) is 42.1 Å². The molecule has 128 valence electrons. The first-order chi connectivity index (χ1) is 12.1. The van der Waals surface area contributed by atoms with Crippen LogP contribution in [0.4, 0.5) is 4.39 Å². The van der Waals surface area contributed by atoms with Crippen molar-refractivity contribution in [3.05, 3.63) is 66.2 Å². The Hall–Kier alpha value is -2.47. The molecule has 1 aromatic heterocycles. The van der Waals surface area contributed by atoms with Gasteiger partial charge in [-0.15, -0.1) is 0 Å². The Labute approximate surface area is 149 Å². The lowest BCUT2D eigenvalue weighted by atomic mass is 10.1. The Morgan fingerprint density at radius 1 is 1.16 bits per heavy atom. The summed E-state index contributed by atoms with van der Waals surface area (Å²) in [6, 6.07) is 14.1. The molecular weight excluding hydrogens is 337 g/mol. The lowest BCUT2D eigenvalue weighted by molar-refractivity contribution is -0.120. The van der Waals surface area contributed by atoms with Gasteiger partial charge in [0.2, 0.25) is 5.91 Å². The first-order valence-electron chi connectivity index (χ1n) is 8.02. The van der Waals surface area contributed by atoms with Crippen molar-refractivity contribution >= 4 is 28.6 Å². The largest absolute Gasteiger partial charge is 0.355 e. The number of nitrogens with one attached hydrogen (secondary N) is 1. The van der Waals surface area contributed by atoms with E-state index in [0.717, 1.165) is 21.5 Å². The zero-order valence-electron chi connectivity index (χ0n) is 13.8. The van der Waals surface area contributed by atoms with Crippen LogP contribution in [0.15, 0.2) is 59.9 Å². The van der Waals surface area contributed by atoms with Crippen molar-refractivity contribution in [2.24, 2.45) is 0 Å². The van der Waals surface area contributed by atoms with E-state index in [2.05, 4.69) is 15.3 Å². The van der Waals surface area contributed by atoms with Gasteiger partial charge in [0, 0.05) is 11.9 Å². The van der Waals surface area contributed by atoms with Gasteiger partial charge < -0.3 is 5.32 Å². The quantitative estimate of drug-likeness (QED) is 0.542. The molecule has 4 nitrogen and oxygen atoms in total. The molecule has 3 aromatic rings. The van der Waals surface area contributed by atoms with Crippen molar-refractivity contribution < 1.29 is 9.18 Å². The maximum Gasteiger partial charge on any atom is 0.233 e. The van der Waals surface area contributed by atoms with E-state index in [0.29, 0.717) is 13.0 Å². The number of amides is 1. The maximum absolute atomic E-state index is 12.9. The van der Waals surface area contributed by atoms with Crippen LogP contribution < -0.4 is 5.32 Å². The molecule has 1 heterocycles. The molecule has 2 aromatic carbocycles. The van der Waals surface area contributed by atoms with E-state index in [4.69, 9.17) is 0 Å². The predicted molar refractivity (Wildman–Crippen MR) is 98.0 cm³/mol. The van der Waals surface area contributed by atoms with Crippen molar-refractivity contribution in [1.29, 1.82) is 0 Å². The Balaban J connectivity index is 1.56. The highest BCUT2D eigenvalue weighted by Crippen LogP contribution is 2.27. The first kappa shape index (κ1) is 17.4. The Kier molecular flexibility index (Phi) is 5.60. The predicted octanol–water partition coefficient (Wildman–Crippen LogP) is 3.61. The number of carbonyl (C=O) groups excluding carboxylic acids is 1. The molecule has 6 heteroatoms. The highest BCUT2D eigenvalue weighted by atomic mass is 32.2. The SMILES string of the molecule is C[C@@H](Sc1ncnc2ccccc12)C(=O)NCCc1ccc(F)cc1. The lowest BCUT2D eigenvalue weighted by Crippen LogP contribution is -2.32. The smallest absolute Gasteiger partial charge is 0.233 e. The molecular formula is C19H18FN3OS. The number of carbonyl (C=O) groups is 1. The highest BCUT2D eigenvalue weighted by Gasteiger charge is 2.16. The minimum atomic E-state index is -0.272. The number of aromatic nitrogens is 2. The standard InChI is InChI=1S/C19H18FN3OS/c1-13(18(24)21-11-10-14-6-8-15(20)9-7-14)25-19-16-4-2-3-5-17(16)22-12-23-19/h2-9,12-13H,10-11H2,1H3,(H,21,24)/t13-/m1/s1. The van der Waals surface area contributed by atoms with Crippen molar-refractivity contribution in [3.8, 4) is 0 Å². The van der Waals surface area contributed by atoms with Crippen LogP contribution in [0.1, 0.15) is 12.5 Å². The van der Waals surface area contributed by atoms with Gasteiger partial charge in [-0.2, -0.15) is 0 Å². The van der Waals surface area contributed by atoms with Crippen LogP contribution in [0.5, 0.6) is 0 Å². The van der Waals surface area contributed by atoms with E-state index in [9.17, 15) is 9.18 Å². The van der Waals surface area contributed by atoms with Gasteiger partial charge in [-0.05, 0) is 37.1 Å². The molecule has 0 spiro atoms. The van der Waals surface area contributed by atoms with Gasteiger partial charge in [0.25, 0.3) is 0 Å². The third-order valence-electron chi connectivity index (χ3n) is 3.79. The van der Waals surface area contributed by atoms with Crippen LogP contribution in [0.3, 0.4) is 0 Å². The van der Waals surface area contributed by atoms with Gasteiger partial charge in [-0.25, -0.2) is 14.4 Å². The van der Waals surface area contributed by atoms with E-state index in [1.807, 2.05) is 31.2 Å². The van der Waals surface area contributed by atoms with E-state index in [1.165, 1.54) is 30.2 Å². The summed E-state index contributed by atoms with van der Waals surface area (Å²) in [5, 5.41) is 4.39. The van der Waals surface area contributed by atoms with Crippen molar-refractivity contribution in [1.82, 2.24) is 15.3 Å². The van der Waals surface area contributed by atoms with Crippen LogP contribution in [0.2, 0.25) is 0 Å². The van der Waals surface area contributed by atoms with Crippen LogP contribution in [-0.4, -0.2) is 27.7 Å². The number of para-hydroxylation sites is 1. The molecule has 0 unspecified atom stereocenters. The molecule has 0 aliphatic carbocycles. The molecule has 0 aliphatic rings. The molecule has 0 aliphatic heterocycles. The number of benzene rings is 2. The first-order valence-corrected chi connectivity index (χ1v) is 8.90. The number of fused-ring (bicyclic) bond motifs is 1. The third-order valence-corrected chi connectivity index (χ3v) is 4.91. The molecule has 3 rings (SSSR count). The number of hydrogen-bond donors (Lipinski definition) is 1. The second kappa shape index (κ2) is 8.07. The maximum atomic E-state index is 12.9. The van der Waals surface area contributed by atoms with Gasteiger partial charge >= 0.3 is 0 Å². The number of thioether (sulfide) groups is 1. The average molecular weight is 355 g/mol. The second-order valence-corrected chi connectivity index (χ2v) is 6.95. The van der Waals surface area contributed by atoms with Gasteiger partial charge in [-0.3, -0.25) is 4.79 Å². The molecule has 0 fully saturated rings. The third kappa shape index (κ3) is 4.54. The van der Waals surface area contributed by atoms with E-state index in [-0.39, 0.29) is 17.0 Å². The Bertz CT molecular complexity index is 865. The normalized spacial score (nSPS) is 12.1. The zero-order valence-corrected chi connectivity index (χ0v) is 14.6. The van der Waals surface area contributed by atoms with Crippen molar-refractivity contribution in [2.45, 2.75) is 23.6 Å². The van der Waals surface area contributed by atoms with E-state index in [1.54, 1.807) is 12.1 Å². The highest BCUT2D eigenvalue weighted by molar-refractivity contribution is 8.00. The van der Waals surface area contributed by atoms with Crippen molar-refractivity contribution in [3.63, 3.8) is 0 Å². The molecule has 0 bridgehead atoms. The summed E-state index contributed by atoms with van der Waals surface area (Å²) in [4.78, 5) is 20.8. The number of hydrogen-bond acceptors (Lipinski definition) is 4. The fraction of sp³-hybridized carbons (Fsp3) is 0.211. The fourth-order valence-electron chi connectivity index (χ4n) is 2.42. The number of halogens is 1. The molecule has 0 saturated heterocycles. The van der Waals surface area contributed by atoms with Crippen LogP contribution in [0, 0.1) is 5.82 Å². The summed E-state index contributed by atoms with van der Waals surface area (Å²) in [5.41, 5.74) is 1.85. The van der Waals surface area contributed by atoms with Crippen LogP contribution >= 0.6 is 11.8 Å². The van der Waals surface area contributed by atoms with Gasteiger partial charge in [0.1, 0.15) is 17.2 Å². The van der Waals surface area contributed by atoms with E-state index >= 15 is 0 Å². The molecule has 0 saturated carbocycles. The van der Waals surface area contributed by atoms with E-state index < -0.39 is 0 Å². The number of nitrogens with zero attached hydrogens (tertiary/aromatic N) is 2. The lowest BCUT2D eigenvalue weighted by Gasteiger charge is -2.12. The minimum absolute atomic E-state index is 0.0465. The molecule has 25 heavy (non-hydrogen) atoms. The fourth-order valence-corrected chi connectivity index (χ4v) is 3.35. The van der Waals surface area contributed by atoms with Crippen molar-refractivity contribution in [2.75, 3.05) is 6.54 Å². The monoisotopic (exact) mass is 355 g/mol. The van der Waals surface area contributed by atoms with Crippen LogP contribution in [0.25, 0.3) is 10.9 Å². The zero-order chi connectivity index (χ0) is 17.6. The average Bonchev–Trinajstić information content (AvgIpc) is 2.63. The van der Waals surface area contributed by atoms with Gasteiger partial charge in [0.15, 0.2) is 0 Å². The minimum Gasteiger partial charge on any atom is -0.355 e. The second-order valence-electron chi connectivity index (χ2n) is 5.62. The van der Waals surface area contributed by atoms with Gasteiger partial charge in [0.05, 0.1) is 10.8 Å². The number of rotatable bonds is 6. The summed E-state index contributed by atoms with van der Waals surface area (Å²) in [6.07, 6.45) is 2.18. The topological polar surface area (TPSA) is 54.9 Å². The Morgan fingerprint density at radius 2 is 1.92 bits per heavy atom. The molecule has 1 amide bonds. The van der Waals surface area contributed by atoms with Crippen LogP contribution in [-0.2, 0) is 11.2 Å².